The second-order valence-corrected chi connectivity index (χ2v) is 6.16. The van der Waals surface area contributed by atoms with E-state index in [9.17, 15) is 4.79 Å². The lowest BCUT2D eigenvalue weighted by atomic mass is 9.95. The standard InChI is InChI=1S/C19H24N6O2/c1-5-12-27-18(26)16-13(4)20-19-21-22-23-25(19)17(16)14-8-10-15(11-9-14)24(6-2)7-3/h5,8-11,17H,1,6-7,12H2,2-4H3,(H,20,21,23). The van der Waals surface area contributed by atoms with Crippen molar-refractivity contribution in [3.05, 3.63) is 53.8 Å². The van der Waals surface area contributed by atoms with Gasteiger partial charge in [0.2, 0.25) is 5.95 Å². The molecule has 0 radical (unpaired) electrons. The van der Waals surface area contributed by atoms with E-state index in [2.05, 4.69) is 58.3 Å². The number of aromatic nitrogens is 4. The molecular formula is C19H24N6O2. The summed E-state index contributed by atoms with van der Waals surface area (Å²) in [7, 11) is 0. The van der Waals surface area contributed by atoms with E-state index in [1.807, 2.05) is 19.1 Å². The van der Waals surface area contributed by atoms with Gasteiger partial charge in [-0.1, -0.05) is 29.9 Å². The minimum absolute atomic E-state index is 0.145. The summed E-state index contributed by atoms with van der Waals surface area (Å²) in [5.41, 5.74) is 3.19. The van der Waals surface area contributed by atoms with Gasteiger partial charge in [0, 0.05) is 24.5 Å². The molecule has 8 nitrogen and oxygen atoms in total. The van der Waals surface area contributed by atoms with Crippen LogP contribution in [0.3, 0.4) is 0 Å². The molecule has 27 heavy (non-hydrogen) atoms. The molecule has 1 unspecified atom stereocenters. The predicted octanol–water partition coefficient (Wildman–Crippen LogP) is 2.54. The number of hydrogen-bond acceptors (Lipinski definition) is 7. The zero-order chi connectivity index (χ0) is 19.4. The molecule has 0 bridgehead atoms. The number of nitrogens with one attached hydrogen (secondary N) is 1. The fraction of sp³-hybridized carbons (Fsp3) is 0.368. The van der Waals surface area contributed by atoms with E-state index in [1.165, 1.54) is 0 Å². The maximum absolute atomic E-state index is 12.7. The molecular weight excluding hydrogens is 344 g/mol. The Kier molecular flexibility index (Phi) is 5.54. The summed E-state index contributed by atoms with van der Waals surface area (Å²) in [4.78, 5) is 15.0. The fourth-order valence-electron chi connectivity index (χ4n) is 3.25. The molecule has 1 aromatic carbocycles. The number of rotatable bonds is 7. The molecule has 1 aliphatic rings. The van der Waals surface area contributed by atoms with E-state index in [0.717, 1.165) is 24.3 Å². The normalized spacial score (nSPS) is 15.7. The highest BCUT2D eigenvalue weighted by atomic mass is 16.5. The van der Waals surface area contributed by atoms with Gasteiger partial charge in [0.15, 0.2) is 0 Å². The zero-order valence-corrected chi connectivity index (χ0v) is 15.8. The number of hydrogen-bond donors (Lipinski definition) is 1. The third-order valence-electron chi connectivity index (χ3n) is 4.60. The maximum atomic E-state index is 12.7. The minimum Gasteiger partial charge on any atom is -0.458 e. The first kappa shape index (κ1) is 18.6. The number of anilines is 2. The van der Waals surface area contributed by atoms with E-state index < -0.39 is 12.0 Å². The number of carbonyl (C=O) groups is 1. The summed E-state index contributed by atoms with van der Waals surface area (Å²) in [5.74, 6) is 0.0736. The molecule has 0 spiro atoms. The van der Waals surface area contributed by atoms with Crippen molar-refractivity contribution in [2.75, 3.05) is 29.9 Å². The van der Waals surface area contributed by atoms with E-state index in [4.69, 9.17) is 4.74 Å². The van der Waals surface area contributed by atoms with Crippen LogP contribution in [0.25, 0.3) is 0 Å². The van der Waals surface area contributed by atoms with E-state index in [0.29, 0.717) is 17.2 Å². The SMILES string of the molecule is C=CCOC(=O)C1=C(C)Nc2nnnn2C1c1ccc(N(CC)CC)cc1. The summed E-state index contributed by atoms with van der Waals surface area (Å²) in [5, 5.41) is 14.9. The lowest BCUT2D eigenvalue weighted by molar-refractivity contribution is -0.138. The minimum atomic E-state index is -0.459. The molecule has 0 saturated carbocycles. The quantitative estimate of drug-likeness (QED) is 0.594. The van der Waals surface area contributed by atoms with Gasteiger partial charge in [-0.25, -0.2) is 4.79 Å². The van der Waals surface area contributed by atoms with Gasteiger partial charge in [0.05, 0.1) is 5.57 Å². The Hall–Kier alpha value is -3.16. The number of tetrazole rings is 1. The number of benzene rings is 1. The number of ether oxygens (including phenoxy) is 1. The van der Waals surface area contributed by atoms with Crippen LogP contribution < -0.4 is 10.2 Å². The summed E-state index contributed by atoms with van der Waals surface area (Å²) in [6.45, 7) is 11.7. The second-order valence-electron chi connectivity index (χ2n) is 6.16. The molecule has 1 aromatic heterocycles. The van der Waals surface area contributed by atoms with Gasteiger partial charge in [-0.3, -0.25) is 0 Å². The molecule has 3 rings (SSSR count). The monoisotopic (exact) mass is 368 g/mol. The van der Waals surface area contributed by atoms with Crippen LogP contribution >= 0.6 is 0 Å². The molecule has 2 heterocycles. The summed E-state index contributed by atoms with van der Waals surface area (Å²) >= 11 is 0. The number of nitrogens with zero attached hydrogens (tertiary/aromatic N) is 5. The molecule has 0 fully saturated rings. The number of allylic oxidation sites excluding steroid dienone is 1. The first-order valence-corrected chi connectivity index (χ1v) is 8.99. The summed E-state index contributed by atoms with van der Waals surface area (Å²) in [6.07, 6.45) is 1.54. The third kappa shape index (κ3) is 3.55. The molecule has 1 atom stereocenters. The molecule has 0 amide bonds. The van der Waals surface area contributed by atoms with Crippen LogP contribution in [-0.2, 0) is 9.53 Å². The highest BCUT2D eigenvalue weighted by Crippen LogP contribution is 2.35. The van der Waals surface area contributed by atoms with E-state index >= 15 is 0 Å². The Bertz CT molecular complexity index is 851. The number of fused-ring (bicyclic) bond motifs is 1. The lowest BCUT2D eigenvalue weighted by Gasteiger charge is -2.28. The molecule has 1 aliphatic heterocycles. The topological polar surface area (TPSA) is 85.2 Å². The Morgan fingerprint density at radius 1 is 1.33 bits per heavy atom. The smallest absolute Gasteiger partial charge is 0.338 e. The molecule has 8 heteroatoms. The predicted molar refractivity (Wildman–Crippen MR) is 103 cm³/mol. The Morgan fingerprint density at radius 2 is 2.04 bits per heavy atom. The van der Waals surface area contributed by atoms with Gasteiger partial charge < -0.3 is 15.0 Å². The highest BCUT2D eigenvalue weighted by molar-refractivity contribution is 5.92. The van der Waals surface area contributed by atoms with Gasteiger partial charge in [-0.2, -0.15) is 4.68 Å². The van der Waals surface area contributed by atoms with Crippen LogP contribution in [0, 0.1) is 0 Å². The van der Waals surface area contributed by atoms with Crippen molar-refractivity contribution in [3.63, 3.8) is 0 Å². The maximum Gasteiger partial charge on any atom is 0.338 e. The van der Waals surface area contributed by atoms with E-state index in [1.54, 1.807) is 10.8 Å². The van der Waals surface area contributed by atoms with Crippen LogP contribution in [0.5, 0.6) is 0 Å². The number of esters is 1. The number of carbonyl (C=O) groups excluding carboxylic acids is 1. The van der Waals surface area contributed by atoms with Crippen molar-refractivity contribution < 1.29 is 9.53 Å². The first-order chi connectivity index (χ1) is 13.1. The summed E-state index contributed by atoms with van der Waals surface area (Å²) in [6, 6.07) is 7.65. The highest BCUT2D eigenvalue weighted by Gasteiger charge is 2.34. The van der Waals surface area contributed by atoms with Crippen LogP contribution in [0.4, 0.5) is 11.6 Å². The first-order valence-electron chi connectivity index (χ1n) is 8.99. The average Bonchev–Trinajstić information content (AvgIpc) is 3.14. The molecule has 1 N–H and O–H groups in total. The van der Waals surface area contributed by atoms with Crippen molar-refractivity contribution in [1.82, 2.24) is 20.2 Å². The van der Waals surface area contributed by atoms with Crippen molar-refractivity contribution >= 4 is 17.6 Å². The van der Waals surface area contributed by atoms with Crippen molar-refractivity contribution in [1.29, 1.82) is 0 Å². The average molecular weight is 368 g/mol. The van der Waals surface area contributed by atoms with Crippen molar-refractivity contribution in [3.8, 4) is 0 Å². The van der Waals surface area contributed by atoms with Gasteiger partial charge >= 0.3 is 5.97 Å². The molecule has 0 aliphatic carbocycles. The Balaban J connectivity index is 2.01. The fourth-order valence-corrected chi connectivity index (χ4v) is 3.25. The molecule has 2 aromatic rings. The zero-order valence-electron chi connectivity index (χ0n) is 15.8. The van der Waals surface area contributed by atoms with Crippen LogP contribution in [0.1, 0.15) is 32.4 Å². The summed E-state index contributed by atoms with van der Waals surface area (Å²) < 4.78 is 6.90. The second kappa shape index (κ2) is 8.03. The van der Waals surface area contributed by atoms with E-state index in [-0.39, 0.29) is 6.61 Å². The van der Waals surface area contributed by atoms with Crippen LogP contribution in [0.15, 0.2) is 48.2 Å². The third-order valence-corrected chi connectivity index (χ3v) is 4.60. The van der Waals surface area contributed by atoms with Gasteiger partial charge in [0.25, 0.3) is 0 Å². The molecule has 142 valence electrons. The van der Waals surface area contributed by atoms with Gasteiger partial charge in [-0.15, -0.1) is 0 Å². The largest absolute Gasteiger partial charge is 0.458 e. The van der Waals surface area contributed by atoms with Crippen molar-refractivity contribution in [2.45, 2.75) is 26.8 Å². The van der Waals surface area contributed by atoms with Gasteiger partial charge in [0.1, 0.15) is 12.6 Å². The Morgan fingerprint density at radius 3 is 2.67 bits per heavy atom. The van der Waals surface area contributed by atoms with Gasteiger partial charge in [-0.05, 0) is 48.9 Å². The van der Waals surface area contributed by atoms with Crippen molar-refractivity contribution in [2.24, 2.45) is 0 Å². The Labute approximate surface area is 158 Å². The lowest BCUT2D eigenvalue weighted by Crippen LogP contribution is -2.30. The van der Waals surface area contributed by atoms with Crippen LogP contribution in [0.2, 0.25) is 0 Å². The molecule has 0 saturated heterocycles. The van der Waals surface area contributed by atoms with Crippen LogP contribution in [-0.4, -0.2) is 45.9 Å².